The minimum atomic E-state index is -1.05. The van der Waals surface area contributed by atoms with E-state index >= 15 is 0 Å². The largest absolute Gasteiger partial charge is 0.507 e. The molecule has 0 radical (unpaired) electrons. The van der Waals surface area contributed by atoms with Crippen LogP contribution in [0, 0.1) is 29.6 Å². The lowest BCUT2D eigenvalue weighted by molar-refractivity contribution is -0.205. The summed E-state index contributed by atoms with van der Waals surface area (Å²) in [4.78, 5) is 25.1. The second kappa shape index (κ2) is 7.08. The maximum atomic E-state index is 12.9. The van der Waals surface area contributed by atoms with Gasteiger partial charge < -0.3 is 19.4 Å². The van der Waals surface area contributed by atoms with Crippen LogP contribution in [0.5, 0.6) is 5.75 Å². The molecule has 0 bridgehead atoms. The molecule has 6 atom stereocenters. The zero-order valence-corrected chi connectivity index (χ0v) is 20.5. The van der Waals surface area contributed by atoms with Crippen LogP contribution in [0.3, 0.4) is 0 Å². The van der Waals surface area contributed by atoms with Gasteiger partial charge in [-0.2, -0.15) is 0 Å². The molecule has 6 nitrogen and oxygen atoms in total. The molecule has 1 aromatic heterocycles. The van der Waals surface area contributed by atoms with Gasteiger partial charge in [-0.15, -0.1) is 0 Å². The first-order valence-corrected chi connectivity index (χ1v) is 11.8. The van der Waals surface area contributed by atoms with Crippen LogP contribution in [-0.4, -0.2) is 34.2 Å². The number of furan rings is 1. The van der Waals surface area contributed by atoms with Gasteiger partial charge >= 0.3 is 5.97 Å². The molecule has 2 aromatic rings. The lowest BCUT2D eigenvalue weighted by Crippen LogP contribution is -2.68. The van der Waals surface area contributed by atoms with Gasteiger partial charge in [0.15, 0.2) is 5.78 Å². The molecule has 0 amide bonds. The second-order valence-electron chi connectivity index (χ2n) is 11.3. The molecule has 1 fully saturated rings. The number of aromatic hydroxyl groups is 1. The Kier molecular flexibility index (Phi) is 4.77. The number of ketones is 1. The Bertz CT molecular complexity index is 1220. The van der Waals surface area contributed by atoms with Crippen molar-refractivity contribution in [2.45, 2.75) is 65.6 Å². The molecule has 3 aliphatic carbocycles. The monoisotopic (exact) mass is 464 g/mol. The SMILES string of the molecule is CC(=O)OC1C(O)C2C(C)(C)C(=O)C=CC2(C)C2Cc3c(cc(O)c(-c4ccoc4)c3C)C12C. The van der Waals surface area contributed by atoms with Crippen molar-refractivity contribution in [3.05, 3.63) is 53.5 Å². The molecule has 1 saturated carbocycles. The van der Waals surface area contributed by atoms with Gasteiger partial charge in [0, 0.05) is 34.8 Å². The van der Waals surface area contributed by atoms with Crippen molar-refractivity contribution in [1.82, 2.24) is 0 Å². The quantitative estimate of drug-likeness (QED) is 0.636. The lowest BCUT2D eigenvalue weighted by atomic mass is 9.43. The Hall–Kier alpha value is -2.86. The highest BCUT2D eigenvalue weighted by Gasteiger charge is 2.69. The molecule has 6 heteroatoms. The Morgan fingerprint density at radius 3 is 2.56 bits per heavy atom. The van der Waals surface area contributed by atoms with Crippen LogP contribution < -0.4 is 0 Å². The lowest BCUT2D eigenvalue weighted by Gasteiger charge is -2.62. The maximum Gasteiger partial charge on any atom is 0.303 e. The highest BCUT2D eigenvalue weighted by molar-refractivity contribution is 5.96. The first-order valence-electron chi connectivity index (χ1n) is 11.8. The van der Waals surface area contributed by atoms with Crippen LogP contribution in [0.1, 0.15) is 51.3 Å². The summed E-state index contributed by atoms with van der Waals surface area (Å²) in [7, 11) is 0. The molecule has 0 aliphatic heterocycles. The summed E-state index contributed by atoms with van der Waals surface area (Å²) < 4.78 is 11.1. The van der Waals surface area contributed by atoms with Gasteiger partial charge in [0.2, 0.25) is 0 Å². The van der Waals surface area contributed by atoms with E-state index in [0.717, 1.165) is 27.8 Å². The predicted octanol–water partition coefficient (Wildman–Crippen LogP) is 4.48. The number of rotatable bonds is 2. The van der Waals surface area contributed by atoms with Gasteiger partial charge in [-0.25, -0.2) is 0 Å². The second-order valence-corrected chi connectivity index (χ2v) is 11.3. The van der Waals surface area contributed by atoms with Gasteiger partial charge in [0.1, 0.15) is 11.9 Å². The zero-order valence-electron chi connectivity index (χ0n) is 20.5. The molecule has 34 heavy (non-hydrogen) atoms. The molecule has 0 saturated heterocycles. The number of phenols is 1. The number of esters is 1. The average molecular weight is 465 g/mol. The summed E-state index contributed by atoms with van der Waals surface area (Å²) in [5.41, 5.74) is 2.31. The number of hydrogen-bond donors (Lipinski definition) is 2. The molecule has 5 rings (SSSR count). The minimum Gasteiger partial charge on any atom is -0.507 e. The highest BCUT2D eigenvalue weighted by atomic mass is 16.6. The topological polar surface area (TPSA) is 97.0 Å². The molecule has 1 aromatic carbocycles. The molecular formula is C28H32O6. The normalized spacial score (nSPS) is 35.4. The number of allylic oxidation sites excluding steroid dienone is 2. The number of benzene rings is 1. The van der Waals surface area contributed by atoms with Crippen molar-refractivity contribution in [2.24, 2.45) is 22.7 Å². The van der Waals surface area contributed by atoms with E-state index in [0.29, 0.717) is 6.42 Å². The third-order valence-electron chi connectivity index (χ3n) is 9.18. The van der Waals surface area contributed by atoms with E-state index in [2.05, 4.69) is 6.92 Å². The summed E-state index contributed by atoms with van der Waals surface area (Å²) >= 11 is 0. The minimum absolute atomic E-state index is 0.0363. The number of fused-ring (bicyclic) bond motifs is 5. The summed E-state index contributed by atoms with van der Waals surface area (Å²) in [5, 5.41) is 22.9. The number of ether oxygens (including phenoxy) is 1. The van der Waals surface area contributed by atoms with Crippen LogP contribution in [-0.2, 0) is 26.2 Å². The molecular weight excluding hydrogens is 432 g/mol. The average Bonchev–Trinajstić information content (AvgIpc) is 3.36. The summed E-state index contributed by atoms with van der Waals surface area (Å²) in [6.07, 6.45) is 5.56. The van der Waals surface area contributed by atoms with E-state index in [-0.39, 0.29) is 17.5 Å². The van der Waals surface area contributed by atoms with Crippen molar-refractivity contribution in [3.63, 3.8) is 0 Å². The van der Waals surface area contributed by atoms with Crippen LogP contribution >= 0.6 is 0 Å². The molecule has 3 aliphatic rings. The van der Waals surface area contributed by atoms with E-state index in [1.54, 1.807) is 24.7 Å². The van der Waals surface area contributed by atoms with E-state index in [9.17, 15) is 19.8 Å². The van der Waals surface area contributed by atoms with Crippen molar-refractivity contribution >= 4 is 11.8 Å². The molecule has 1 heterocycles. The summed E-state index contributed by atoms with van der Waals surface area (Å²) in [6, 6.07) is 3.58. The van der Waals surface area contributed by atoms with Gasteiger partial charge in [-0.05, 0) is 59.6 Å². The molecule has 2 N–H and O–H groups in total. The summed E-state index contributed by atoms with van der Waals surface area (Å²) in [5.74, 6) is -0.888. The first-order chi connectivity index (χ1) is 15.8. The third kappa shape index (κ3) is 2.72. The van der Waals surface area contributed by atoms with Crippen LogP contribution in [0.15, 0.2) is 41.2 Å². The Labute approximate surface area is 199 Å². The highest BCUT2D eigenvalue weighted by Crippen LogP contribution is 2.66. The number of aliphatic hydroxyl groups is 1. The van der Waals surface area contributed by atoms with Crippen molar-refractivity contribution in [3.8, 4) is 16.9 Å². The van der Waals surface area contributed by atoms with Gasteiger partial charge in [0.25, 0.3) is 0 Å². The van der Waals surface area contributed by atoms with E-state index < -0.39 is 40.3 Å². The van der Waals surface area contributed by atoms with E-state index in [4.69, 9.17) is 9.15 Å². The van der Waals surface area contributed by atoms with Crippen LogP contribution in [0.2, 0.25) is 0 Å². The van der Waals surface area contributed by atoms with Crippen molar-refractivity contribution in [1.29, 1.82) is 0 Å². The Morgan fingerprint density at radius 2 is 1.94 bits per heavy atom. The van der Waals surface area contributed by atoms with E-state index in [1.165, 1.54) is 6.92 Å². The van der Waals surface area contributed by atoms with Crippen molar-refractivity contribution < 1.29 is 29.0 Å². The third-order valence-corrected chi connectivity index (χ3v) is 9.18. The predicted molar refractivity (Wildman–Crippen MR) is 126 cm³/mol. The maximum absolute atomic E-state index is 12.9. The number of phenolic OH excluding ortho intramolecular Hbond substituents is 1. The number of carbonyl (C=O) groups excluding carboxylic acids is 2. The molecule has 6 unspecified atom stereocenters. The standard InChI is InChI=1S/C28H32O6/c1-14-17-11-20-27(5)9-7-21(31)26(3,4)24(27)23(32)25(34-15(2)29)28(20,6)18(17)12-19(30)22(14)16-8-10-33-13-16/h7-10,12-13,20,23-25,30,32H,11H2,1-6H3. The fraction of sp³-hybridized carbons (Fsp3) is 0.500. The molecule has 0 spiro atoms. The zero-order chi connectivity index (χ0) is 24.8. The fourth-order valence-corrected chi connectivity index (χ4v) is 7.71. The van der Waals surface area contributed by atoms with Crippen molar-refractivity contribution in [2.75, 3.05) is 0 Å². The first kappa shape index (κ1) is 22.9. The van der Waals surface area contributed by atoms with Gasteiger partial charge in [-0.3, -0.25) is 9.59 Å². The smallest absolute Gasteiger partial charge is 0.303 e. The Balaban J connectivity index is 1.78. The number of hydrogen-bond acceptors (Lipinski definition) is 6. The number of aliphatic hydroxyl groups excluding tert-OH is 1. The van der Waals surface area contributed by atoms with Crippen LogP contribution in [0.25, 0.3) is 11.1 Å². The van der Waals surface area contributed by atoms with E-state index in [1.807, 2.05) is 39.8 Å². The number of carbonyl (C=O) groups is 2. The van der Waals surface area contributed by atoms with Crippen LogP contribution in [0.4, 0.5) is 0 Å². The summed E-state index contributed by atoms with van der Waals surface area (Å²) in [6.45, 7) is 11.2. The van der Waals surface area contributed by atoms with Gasteiger partial charge in [0.05, 0.1) is 18.6 Å². The van der Waals surface area contributed by atoms with Gasteiger partial charge in [-0.1, -0.05) is 33.8 Å². The molecule has 180 valence electrons. The fourth-order valence-electron chi connectivity index (χ4n) is 7.71. The Morgan fingerprint density at radius 1 is 1.24 bits per heavy atom.